The predicted octanol–water partition coefficient (Wildman–Crippen LogP) is 3.24. The molecule has 1 aliphatic heterocycles. The van der Waals surface area contributed by atoms with Crippen LogP contribution in [0.3, 0.4) is 0 Å². The number of hydrogen-bond acceptors (Lipinski definition) is 8. The SMILES string of the molecule is Cc1cccc(-c2nc(N)c(F)c(-c3cn(Cc4cccc(N5CCCC5C(=O)O)n4)nn3)n2)c1C. The van der Waals surface area contributed by atoms with Crippen LogP contribution in [0.15, 0.2) is 42.6 Å². The molecule has 4 heterocycles. The van der Waals surface area contributed by atoms with Gasteiger partial charge < -0.3 is 15.7 Å². The van der Waals surface area contributed by atoms with Crippen molar-refractivity contribution in [3.63, 3.8) is 0 Å². The Bertz CT molecular complexity index is 1450. The maximum atomic E-state index is 14.9. The summed E-state index contributed by atoms with van der Waals surface area (Å²) in [6.07, 6.45) is 2.96. The molecule has 0 aliphatic carbocycles. The van der Waals surface area contributed by atoms with E-state index in [9.17, 15) is 14.3 Å². The van der Waals surface area contributed by atoms with E-state index in [0.29, 0.717) is 30.3 Å². The Morgan fingerprint density at radius 3 is 2.78 bits per heavy atom. The highest BCUT2D eigenvalue weighted by Gasteiger charge is 2.31. The van der Waals surface area contributed by atoms with Crippen LogP contribution in [0.4, 0.5) is 16.0 Å². The smallest absolute Gasteiger partial charge is 0.326 e. The zero-order chi connectivity index (χ0) is 25.4. The Hall–Kier alpha value is -4.41. The van der Waals surface area contributed by atoms with Gasteiger partial charge in [-0.3, -0.25) is 0 Å². The number of nitrogens with zero attached hydrogens (tertiary/aromatic N) is 7. The highest BCUT2D eigenvalue weighted by atomic mass is 19.1. The minimum Gasteiger partial charge on any atom is -0.480 e. The number of aryl methyl sites for hydroxylation is 1. The second kappa shape index (κ2) is 9.33. The van der Waals surface area contributed by atoms with Crippen molar-refractivity contribution in [1.29, 1.82) is 0 Å². The van der Waals surface area contributed by atoms with E-state index in [1.54, 1.807) is 17.2 Å². The molecule has 0 amide bonds. The third-order valence-electron chi connectivity index (χ3n) is 6.45. The van der Waals surface area contributed by atoms with Gasteiger partial charge in [-0.05, 0) is 49.9 Å². The molecule has 0 spiro atoms. The van der Waals surface area contributed by atoms with Crippen molar-refractivity contribution in [3.8, 4) is 22.8 Å². The summed E-state index contributed by atoms with van der Waals surface area (Å²) in [5.74, 6) is -0.964. The maximum Gasteiger partial charge on any atom is 0.326 e. The topological polar surface area (TPSA) is 136 Å². The fourth-order valence-electron chi connectivity index (χ4n) is 4.41. The minimum absolute atomic E-state index is 0.0345. The number of hydrogen-bond donors (Lipinski definition) is 2. The number of aliphatic carboxylic acids is 1. The number of pyridine rings is 1. The van der Waals surface area contributed by atoms with Gasteiger partial charge in [0.2, 0.25) is 0 Å². The summed E-state index contributed by atoms with van der Waals surface area (Å²) >= 11 is 0. The van der Waals surface area contributed by atoms with Gasteiger partial charge in [0.15, 0.2) is 17.5 Å². The van der Waals surface area contributed by atoms with Gasteiger partial charge in [-0.2, -0.15) is 0 Å². The minimum atomic E-state index is -0.855. The molecule has 36 heavy (non-hydrogen) atoms. The van der Waals surface area contributed by atoms with Crippen LogP contribution >= 0.6 is 0 Å². The largest absolute Gasteiger partial charge is 0.480 e. The van der Waals surface area contributed by atoms with Gasteiger partial charge in [0.1, 0.15) is 23.2 Å². The Kier molecular flexibility index (Phi) is 6.05. The average molecular weight is 489 g/mol. The van der Waals surface area contributed by atoms with E-state index in [2.05, 4.69) is 25.3 Å². The average Bonchev–Trinajstić information content (AvgIpc) is 3.53. The summed E-state index contributed by atoms with van der Waals surface area (Å²) in [6, 6.07) is 10.6. The molecule has 4 aromatic rings. The third kappa shape index (κ3) is 4.35. The molecule has 1 unspecified atom stereocenters. The van der Waals surface area contributed by atoms with Crippen LogP contribution < -0.4 is 10.6 Å². The molecule has 0 radical (unpaired) electrons. The molecule has 1 saturated heterocycles. The van der Waals surface area contributed by atoms with E-state index < -0.39 is 17.8 Å². The van der Waals surface area contributed by atoms with Crippen molar-refractivity contribution in [1.82, 2.24) is 29.9 Å². The lowest BCUT2D eigenvalue weighted by Gasteiger charge is -2.22. The Balaban J connectivity index is 1.43. The second-order valence-corrected chi connectivity index (χ2v) is 8.82. The summed E-state index contributed by atoms with van der Waals surface area (Å²) in [5.41, 5.74) is 9.54. The molecule has 0 saturated carbocycles. The van der Waals surface area contributed by atoms with Crippen molar-refractivity contribution in [2.75, 3.05) is 17.2 Å². The fraction of sp³-hybridized carbons (Fsp3) is 0.280. The Morgan fingerprint density at radius 2 is 1.97 bits per heavy atom. The highest BCUT2D eigenvalue weighted by Crippen LogP contribution is 2.29. The van der Waals surface area contributed by atoms with Gasteiger partial charge >= 0.3 is 5.97 Å². The number of carboxylic acid groups (broad SMARTS) is 1. The lowest BCUT2D eigenvalue weighted by atomic mass is 10.0. The molecule has 1 atom stereocenters. The summed E-state index contributed by atoms with van der Waals surface area (Å²) < 4.78 is 16.5. The molecule has 5 rings (SSSR count). The first kappa shape index (κ1) is 23.3. The first-order valence-corrected chi connectivity index (χ1v) is 11.6. The molecule has 10 nitrogen and oxygen atoms in total. The molecule has 3 aromatic heterocycles. The molecule has 1 fully saturated rings. The van der Waals surface area contributed by atoms with Crippen molar-refractivity contribution in [2.45, 2.75) is 39.3 Å². The number of anilines is 2. The summed E-state index contributed by atoms with van der Waals surface area (Å²) in [5, 5.41) is 17.7. The lowest BCUT2D eigenvalue weighted by Crippen LogP contribution is -2.36. The second-order valence-electron chi connectivity index (χ2n) is 8.82. The van der Waals surface area contributed by atoms with Gasteiger partial charge in [-0.25, -0.2) is 28.8 Å². The number of carboxylic acids is 1. The Morgan fingerprint density at radius 1 is 1.17 bits per heavy atom. The number of aromatic nitrogens is 6. The number of nitrogens with two attached hydrogens (primary N) is 1. The van der Waals surface area contributed by atoms with Gasteiger partial charge in [0.05, 0.1) is 18.4 Å². The zero-order valence-electron chi connectivity index (χ0n) is 19.9. The van der Waals surface area contributed by atoms with Gasteiger partial charge in [-0.1, -0.05) is 29.5 Å². The molecule has 0 bridgehead atoms. The van der Waals surface area contributed by atoms with E-state index in [0.717, 1.165) is 23.1 Å². The van der Waals surface area contributed by atoms with Crippen molar-refractivity contribution in [3.05, 3.63) is 65.2 Å². The van der Waals surface area contributed by atoms with E-state index in [1.165, 1.54) is 4.68 Å². The van der Waals surface area contributed by atoms with E-state index in [4.69, 9.17) is 5.73 Å². The van der Waals surface area contributed by atoms with Gasteiger partial charge in [0.25, 0.3) is 0 Å². The highest BCUT2D eigenvalue weighted by molar-refractivity contribution is 5.78. The number of carbonyl (C=O) groups is 1. The first-order valence-electron chi connectivity index (χ1n) is 11.6. The normalized spacial score (nSPS) is 15.4. The van der Waals surface area contributed by atoms with Gasteiger partial charge in [0, 0.05) is 12.1 Å². The van der Waals surface area contributed by atoms with Crippen molar-refractivity contribution in [2.24, 2.45) is 0 Å². The summed E-state index contributed by atoms with van der Waals surface area (Å²) in [6.45, 7) is 4.83. The van der Waals surface area contributed by atoms with Gasteiger partial charge in [-0.15, -0.1) is 5.10 Å². The molecule has 11 heteroatoms. The van der Waals surface area contributed by atoms with Crippen LogP contribution in [0.25, 0.3) is 22.8 Å². The summed E-state index contributed by atoms with van der Waals surface area (Å²) in [7, 11) is 0. The molecule has 1 aromatic carbocycles. The van der Waals surface area contributed by atoms with Crippen molar-refractivity contribution >= 4 is 17.6 Å². The standard InChI is InChI=1S/C25H25FN8O2/c1-14-6-3-8-17(15(14)2)24-29-22(21(26)23(27)30-24)18-13-33(32-31-18)12-16-7-4-10-20(28-16)34-11-5-9-19(34)25(35)36/h3-4,6-8,10,13,19H,5,9,11-12H2,1-2H3,(H,35,36)(H2,27,29,30). The first-order chi connectivity index (χ1) is 17.3. The van der Waals surface area contributed by atoms with Crippen LogP contribution in [0, 0.1) is 19.7 Å². The monoisotopic (exact) mass is 488 g/mol. The maximum absolute atomic E-state index is 14.9. The molecular formula is C25H25FN8O2. The quantitative estimate of drug-likeness (QED) is 0.419. The fourth-order valence-corrected chi connectivity index (χ4v) is 4.41. The number of nitrogen functional groups attached to an aromatic ring is 1. The van der Waals surface area contributed by atoms with E-state index >= 15 is 0 Å². The van der Waals surface area contributed by atoms with Crippen LogP contribution in [0.2, 0.25) is 0 Å². The molecule has 3 N–H and O–H groups in total. The number of benzene rings is 1. The van der Waals surface area contributed by atoms with Crippen LogP contribution in [0.1, 0.15) is 29.7 Å². The number of rotatable bonds is 6. The van der Waals surface area contributed by atoms with Crippen LogP contribution in [-0.4, -0.2) is 53.6 Å². The molecular weight excluding hydrogens is 463 g/mol. The van der Waals surface area contributed by atoms with E-state index in [-0.39, 0.29) is 23.8 Å². The van der Waals surface area contributed by atoms with Crippen LogP contribution in [-0.2, 0) is 11.3 Å². The van der Waals surface area contributed by atoms with Crippen LogP contribution in [0.5, 0.6) is 0 Å². The number of halogens is 1. The third-order valence-corrected chi connectivity index (χ3v) is 6.45. The lowest BCUT2D eigenvalue weighted by molar-refractivity contribution is -0.138. The van der Waals surface area contributed by atoms with E-state index in [1.807, 2.05) is 44.2 Å². The Labute approximate surface area is 206 Å². The molecule has 184 valence electrons. The zero-order valence-corrected chi connectivity index (χ0v) is 19.9. The molecule has 1 aliphatic rings. The predicted molar refractivity (Wildman–Crippen MR) is 132 cm³/mol. The van der Waals surface area contributed by atoms with Crippen molar-refractivity contribution < 1.29 is 14.3 Å². The summed E-state index contributed by atoms with van der Waals surface area (Å²) in [4.78, 5) is 26.6.